The number of aromatic nitrogens is 2. The number of carboxylic acid groups (broad SMARTS) is 1. The van der Waals surface area contributed by atoms with Gasteiger partial charge in [-0.1, -0.05) is 119 Å². The average Bonchev–Trinajstić information content (AvgIpc) is 1.76. The fourth-order valence-electron chi connectivity index (χ4n) is 17.0. The van der Waals surface area contributed by atoms with E-state index in [-0.39, 0.29) is 114 Å². The summed E-state index contributed by atoms with van der Waals surface area (Å²) in [7, 11) is 0. The Morgan fingerprint density at radius 3 is 1.30 bits per heavy atom. The summed E-state index contributed by atoms with van der Waals surface area (Å²) in [5.41, 5.74) is 14.9. The SMILES string of the molecule is CC(=O)N[C@@H](Cc1ccccc1)C(=O)N[C@@H](CCC(=O)O)C(=O)N[C@@H](Cc1c[nH]c2ccccc12)C(=O)N[C@H](C(=O)N1CCC[C@H]1C(=O)NCC(=O)N[C@@H](Cc1c[nH]c2ccccc12)C(=O)N[C@@H](Cc1ccc(O)cc1)C(=O)N[C@@H](CCC(N)=O)C(=O)N1CCC1C(=O)N[C@@H](Cc1ccc(O)cc1)C(=O)N[C@@H](C)C(=O)N[C@@H](CC(C)C)C(=O)N1CCC[C@H]1C(=O)N[C@@H](CC(C)C)C(N)=O)C(C)O. The van der Waals surface area contributed by atoms with Crippen LogP contribution >= 0.6 is 0 Å². The second-order valence-electron chi connectivity index (χ2n) is 35.8. The van der Waals surface area contributed by atoms with Crippen LogP contribution < -0.4 is 75.3 Å². The van der Waals surface area contributed by atoms with Gasteiger partial charge >= 0.3 is 5.97 Å². The van der Waals surface area contributed by atoms with Crippen LogP contribution in [0.5, 0.6) is 11.5 Å². The number of H-pyrrole nitrogens is 2. The number of aliphatic hydroxyl groups excluding tert-OH is 1. The minimum absolute atomic E-state index is 0.00337. The number of nitrogens with two attached hydrogens (primary N) is 2. The third kappa shape index (κ3) is 29.6. The van der Waals surface area contributed by atoms with E-state index < -0.39 is 229 Å². The Hall–Kier alpha value is -14.8. The molecule has 2 aromatic heterocycles. The molecule has 15 atom stereocenters. The van der Waals surface area contributed by atoms with Crippen molar-refractivity contribution >= 4 is 128 Å². The first-order valence-corrected chi connectivity index (χ1v) is 45.8. The Morgan fingerprint density at radius 2 is 0.803 bits per heavy atom. The molecule has 0 saturated carbocycles. The summed E-state index contributed by atoms with van der Waals surface area (Å²) in [6.07, 6.45) is -0.484. The van der Waals surface area contributed by atoms with Gasteiger partial charge in [0.05, 0.1) is 12.6 Å². The molecule has 0 spiro atoms. The van der Waals surface area contributed by atoms with Crippen molar-refractivity contribution in [2.45, 2.75) is 242 Å². The van der Waals surface area contributed by atoms with Crippen LogP contribution in [0, 0.1) is 11.8 Å². The maximum absolute atomic E-state index is 15.2. The van der Waals surface area contributed by atoms with Gasteiger partial charge in [-0.2, -0.15) is 0 Å². The Morgan fingerprint density at radius 1 is 0.401 bits per heavy atom. The molecule has 41 heteroatoms. The number of nitrogens with one attached hydrogen (secondary N) is 14. The number of para-hydroxylation sites is 2. The Labute approximate surface area is 790 Å². The fourth-order valence-corrected chi connectivity index (χ4v) is 17.0. The molecule has 3 aliphatic heterocycles. The van der Waals surface area contributed by atoms with E-state index >= 15 is 14.4 Å². The molecule has 137 heavy (non-hydrogen) atoms. The third-order valence-corrected chi connectivity index (χ3v) is 24.2. The maximum Gasteiger partial charge on any atom is 0.303 e. The quantitative estimate of drug-likeness (QED) is 0.0233. The number of carbonyl (C=O) groups excluding carboxylic acids is 17. The predicted molar refractivity (Wildman–Crippen MR) is 498 cm³/mol. The van der Waals surface area contributed by atoms with Gasteiger partial charge in [-0.05, 0) is 148 Å². The van der Waals surface area contributed by atoms with Crippen molar-refractivity contribution in [1.82, 2.24) is 88.5 Å². The minimum Gasteiger partial charge on any atom is -0.508 e. The highest BCUT2D eigenvalue weighted by molar-refractivity contribution is 6.02. The van der Waals surface area contributed by atoms with Gasteiger partial charge in [0.2, 0.25) is 100 Å². The summed E-state index contributed by atoms with van der Waals surface area (Å²) in [4.78, 5) is 263. The van der Waals surface area contributed by atoms with Crippen LogP contribution in [0.15, 0.2) is 140 Å². The van der Waals surface area contributed by atoms with E-state index in [1.165, 1.54) is 74.2 Å². The van der Waals surface area contributed by atoms with Crippen molar-refractivity contribution in [2.75, 3.05) is 26.2 Å². The molecule has 2 unspecified atom stereocenters. The van der Waals surface area contributed by atoms with E-state index in [4.69, 9.17) is 11.5 Å². The van der Waals surface area contributed by atoms with Gasteiger partial charge < -0.3 is 120 Å². The monoisotopic (exact) mass is 1890 g/mol. The van der Waals surface area contributed by atoms with E-state index in [0.29, 0.717) is 56.0 Å². The second kappa shape index (κ2) is 48.9. The van der Waals surface area contributed by atoms with Gasteiger partial charge in [-0.3, -0.25) is 86.3 Å². The Kier molecular flexibility index (Phi) is 37.2. The third-order valence-electron chi connectivity index (χ3n) is 24.2. The molecule has 7 aromatic rings. The second-order valence-corrected chi connectivity index (χ2v) is 35.8. The zero-order valence-corrected chi connectivity index (χ0v) is 77.4. The first kappa shape index (κ1) is 104. The summed E-state index contributed by atoms with van der Waals surface area (Å²) in [5, 5.41) is 74.5. The highest BCUT2D eigenvalue weighted by Gasteiger charge is 2.46. The summed E-state index contributed by atoms with van der Waals surface area (Å²) >= 11 is 0. The molecule has 10 rings (SSSR count). The molecule has 22 N–H and O–H groups in total. The largest absolute Gasteiger partial charge is 0.508 e. The lowest BCUT2D eigenvalue weighted by atomic mass is 9.97. The number of rotatable bonds is 48. The van der Waals surface area contributed by atoms with Crippen molar-refractivity contribution in [3.8, 4) is 11.5 Å². The fraction of sp³-hybridized carbons (Fsp3) is 0.458. The van der Waals surface area contributed by atoms with Crippen LogP contribution in [0.25, 0.3) is 21.8 Å². The number of nitrogens with zero attached hydrogens (tertiary/aromatic N) is 3. The summed E-state index contributed by atoms with van der Waals surface area (Å²) in [5.74, 6) is -16.4. The molecule has 0 aliphatic carbocycles. The maximum atomic E-state index is 15.2. The molecule has 734 valence electrons. The van der Waals surface area contributed by atoms with Crippen LogP contribution in [-0.4, -0.2) is 268 Å². The van der Waals surface area contributed by atoms with Crippen molar-refractivity contribution < 1.29 is 107 Å². The first-order chi connectivity index (χ1) is 65.2. The highest BCUT2D eigenvalue weighted by atomic mass is 16.4. The first-order valence-electron chi connectivity index (χ1n) is 45.8. The number of likely N-dealkylation sites (tertiary alicyclic amines) is 3. The van der Waals surface area contributed by atoms with Crippen molar-refractivity contribution in [2.24, 2.45) is 23.3 Å². The Bertz CT molecular complexity index is 5530. The highest BCUT2D eigenvalue weighted by Crippen LogP contribution is 2.28. The number of aliphatic carboxylic acids is 1. The molecule has 5 aromatic carbocycles. The minimum atomic E-state index is -1.81. The van der Waals surface area contributed by atoms with Crippen LogP contribution in [0.4, 0.5) is 0 Å². The van der Waals surface area contributed by atoms with Crippen molar-refractivity contribution in [1.29, 1.82) is 0 Å². The number of carbonyl (C=O) groups is 18. The van der Waals surface area contributed by atoms with Gasteiger partial charge in [0.25, 0.3) is 0 Å². The van der Waals surface area contributed by atoms with E-state index in [0.717, 1.165) is 9.80 Å². The standard InChI is InChI=1S/C96H123N19O22/c1-51(2)41-69(83(98)124)107-92(133)77-24-16-38-113(77)95(136)75(42-52(3)4)111-84(125)53(5)102-86(127)71(44-57-25-29-61(118)30-26-57)110-93(134)78-37-40-115(78)94(135)68(33-35-79(97)120)106-88(129)72(45-58-27-31-62(119)32-28-58)108-89(130)73(46-59-48-99-65-21-13-11-19-63(59)65)104-80(121)50-101-91(132)76-23-15-39-114(76)96(137)82(54(6)116)112-90(131)74(47-60-49-100-66-22-14-12-20-64(60)66)109-85(126)67(34-36-81(122)123)105-87(128)70(103-55(7)117)43-56-17-9-8-10-18-56/h8-14,17-22,25-32,48-49,51-54,67-78,82,99-100,116,118-119H,15-16,23-24,33-47,50H2,1-7H3,(H2,97,120)(H2,98,124)(H,101,132)(H,102,127)(H,103,117)(H,104,121)(H,105,128)(H,106,129)(H,107,133)(H,108,130)(H,109,126)(H,110,134)(H,111,125)(H,112,131)(H,122,123)/t53-,54?,67-,68-,69-,70-,71-,72-,73-,74-,75-,76-,77-,78?,82-/m0/s1. The van der Waals surface area contributed by atoms with E-state index in [1.54, 1.807) is 91.3 Å². The average molecular weight is 1900 g/mol. The lowest BCUT2D eigenvalue weighted by Gasteiger charge is -2.42. The van der Waals surface area contributed by atoms with E-state index in [2.05, 4.69) is 73.8 Å². The molecule has 3 fully saturated rings. The van der Waals surface area contributed by atoms with Crippen LogP contribution in [-0.2, 0) is 118 Å². The number of hydrogen-bond donors (Lipinski definition) is 20. The molecule has 41 nitrogen and oxygen atoms in total. The number of phenols is 2. The van der Waals surface area contributed by atoms with Crippen molar-refractivity contribution in [3.63, 3.8) is 0 Å². The number of hydrogen-bond acceptors (Lipinski definition) is 21. The number of aliphatic hydroxyl groups is 1. The number of primary amides is 2. The number of aromatic hydroxyl groups is 2. The summed E-state index contributed by atoms with van der Waals surface area (Å²) < 4.78 is 0. The van der Waals surface area contributed by atoms with Crippen molar-refractivity contribution in [3.05, 3.63) is 168 Å². The lowest BCUT2D eigenvalue weighted by Crippen LogP contribution is -2.65. The molecular weight excluding hydrogens is 1770 g/mol. The topological polar surface area (TPSA) is 626 Å². The lowest BCUT2D eigenvalue weighted by molar-refractivity contribution is -0.151. The molecule has 3 saturated heterocycles. The van der Waals surface area contributed by atoms with Gasteiger partial charge in [0.1, 0.15) is 96.1 Å². The van der Waals surface area contributed by atoms with Gasteiger partial charge in [0, 0.05) is 106 Å². The van der Waals surface area contributed by atoms with Gasteiger partial charge in [-0.15, -0.1) is 0 Å². The Balaban J connectivity index is 0.824. The zero-order chi connectivity index (χ0) is 99.6. The van der Waals surface area contributed by atoms with Gasteiger partial charge in [0.15, 0.2) is 0 Å². The number of carboxylic acids is 1. The molecule has 3 aliphatic rings. The van der Waals surface area contributed by atoms with Crippen LogP contribution in [0.3, 0.4) is 0 Å². The predicted octanol–water partition coefficient (Wildman–Crippen LogP) is -0.266. The number of fused-ring (bicyclic) bond motifs is 2. The number of amides is 17. The molecule has 0 radical (unpaired) electrons. The van der Waals surface area contributed by atoms with E-state index in [1.807, 2.05) is 27.7 Å². The van der Waals surface area contributed by atoms with Gasteiger partial charge in [-0.25, -0.2) is 0 Å². The number of aromatic amines is 2. The normalized spacial score (nSPS) is 17.2. The molecule has 5 heterocycles. The molecular formula is C96H123N19O22. The number of benzene rings is 5. The smallest absolute Gasteiger partial charge is 0.303 e. The summed E-state index contributed by atoms with van der Waals surface area (Å²) in [6, 6.07) is 13.8. The van der Waals surface area contributed by atoms with Crippen LogP contribution in [0.1, 0.15) is 147 Å². The van der Waals surface area contributed by atoms with E-state index in [9.17, 15) is 92.3 Å². The summed E-state index contributed by atoms with van der Waals surface area (Å²) in [6.45, 7) is 10.2. The molecule has 17 amide bonds. The van der Waals surface area contributed by atoms with Crippen LogP contribution in [0.2, 0.25) is 0 Å². The molecule has 0 bridgehead atoms. The zero-order valence-electron chi connectivity index (χ0n) is 77.4. The number of phenolic OH excluding ortho intramolecular Hbond substituents is 2.